The second-order valence-corrected chi connectivity index (χ2v) is 6.06. The molecule has 21 heavy (non-hydrogen) atoms. The molecule has 3 aliphatic carbocycles. The Morgan fingerprint density at radius 2 is 1.81 bits per heavy atom. The fourth-order valence-corrected chi connectivity index (χ4v) is 3.31. The lowest BCUT2D eigenvalue weighted by atomic mass is 9.94. The van der Waals surface area contributed by atoms with Crippen LogP contribution in [-0.2, 0) is 18.6 Å². The number of hydrogen-bond donors (Lipinski definition) is 2. The van der Waals surface area contributed by atoms with E-state index < -0.39 is 5.72 Å². The van der Waals surface area contributed by atoms with Crippen molar-refractivity contribution in [2.75, 3.05) is 6.54 Å². The Morgan fingerprint density at radius 1 is 1.14 bits per heavy atom. The Labute approximate surface area is 126 Å². The number of benzene rings is 2. The van der Waals surface area contributed by atoms with E-state index in [4.69, 9.17) is 0 Å². The van der Waals surface area contributed by atoms with Crippen molar-refractivity contribution in [3.63, 3.8) is 0 Å². The normalized spacial score (nSPS) is 24.6. The molecule has 0 amide bonds. The first kappa shape index (κ1) is 14.3. The van der Waals surface area contributed by atoms with Crippen molar-refractivity contribution in [1.29, 1.82) is 0 Å². The minimum absolute atomic E-state index is 0.250. The first-order chi connectivity index (χ1) is 10.1. The van der Waals surface area contributed by atoms with Gasteiger partial charge in [-0.05, 0) is 36.1 Å². The van der Waals surface area contributed by atoms with Gasteiger partial charge in [0.15, 0.2) is 0 Å². The van der Waals surface area contributed by atoms with Crippen LogP contribution in [0.3, 0.4) is 0 Å². The molecule has 3 aliphatic rings. The van der Waals surface area contributed by atoms with Gasteiger partial charge < -0.3 is 5.11 Å². The quantitative estimate of drug-likeness (QED) is 0.707. The van der Waals surface area contributed by atoms with Crippen molar-refractivity contribution in [2.24, 2.45) is 5.92 Å². The second-order valence-electron chi connectivity index (χ2n) is 6.06. The van der Waals surface area contributed by atoms with Crippen molar-refractivity contribution >= 4 is 0 Å². The Morgan fingerprint density at radius 3 is 2.33 bits per heavy atom. The van der Waals surface area contributed by atoms with Crippen LogP contribution in [0.15, 0.2) is 48.5 Å². The zero-order chi connectivity index (χ0) is 14.9. The SMILES string of the molecule is CCNC1(O)c2ccccc2CC1C.c1cc2cc(c1)C2. The molecule has 2 aromatic rings. The van der Waals surface area contributed by atoms with Crippen LogP contribution < -0.4 is 5.32 Å². The largest absolute Gasteiger partial charge is 0.371 e. The molecule has 0 saturated carbocycles. The maximum absolute atomic E-state index is 10.5. The zero-order valence-corrected chi connectivity index (χ0v) is 12.8. The molecule has 0 fully saturated rings. The Kier molecular flexibility index (Phi) is 3.83. The van der Waals surface area contributed by atoms with Gasteiger partial charge in [-0.1, -0.05) is 62.4 Å². The molecule has 0 aliphatic heterocycles. The molecule has 0 saturated heterocycles. The summed E-state index contributed by atoms with van der Waals surface area (Å²) in [6, 6.07) is 16.8. The van der Waals surface area contributed by atoms with E-state index in [1.54, 1.807) is 0 Å². The van der Waals surface area contributed by atoms with Crippen molar-refractivity contribution in [3.8, 4) is 0 Å². The fraction of sp³-hybridized carbons (Fsp3) is 0.368. The van der Waals surface area contributed by atoms with Crippen LogP contribution in [-0.4, -0.2) is 11.7 Å². The average Bonchev–Trinajstić information content (AvgIpc) is 2.72. The first-order valence-corrected chi connectivity index (χ1v) is 7.77. The smallest absolute Gasteiger partial charge is 0.145 e. The van der Waals surface area contributed by atoms with Crippen LogP contribution >= 0.6 is 0 Å². The molecule has 2 bridgehead atoms. The zero-order valence-electron chi connectivity index (χ0n) is 12.8. The molecule has 0 radical (unpaired) electrons. The molecule has 2 aromatic carbocycles. The highest BCUT2D eigenvalue weighted by atomic mass is 16.3. The standard InChI is InChI=1S/C12H17NO.C7H6/c1-3-13-12(14)9(2)8-10-6-4-5-7-11(10)12;1-2-6-4-7(3-1)5-6/h4-7,9,13-14H,3,8H2,1-2H3;1-4H,5H2. The van der Waals surface area contributed by atoms with E-state index >= 15 is 0 Å². The van der Waals surface area contributed by atoms with E-state index in [1.165, 1.54) is 23.1 Å². The van der Waals surface area contributed by atoms with Crippen molar-refractivity contribution < 1.29 is 5.11 Å². The average molecular weight is 281 g/mol. The molecule has 5 rings (SSSR count). The molecule has 0 spiro atoms. The van der Waals surface area contributed by atoms with Crippen LogP contribution in [0, 0.1) is 5.92 Å². The van der Waals surface area contributed by atoms with Crippen LogP contribution in [0.2, 0.25) is 0 Å². The lowest BCUT2D eigenvalue weighted by Gasteiger charge is -2.29. The van der Waals surface area contributed by atoms with E-state index in [0.717, 1.165) is 18.5 Å². The Bertz CT molecular complexity index is 612. The molecule has 2 atom stereocenters. The van der Waals surface area contributed by atoms with Crippen LogP contribution in [0.1, 0.15) is 36.1 Å². The number of hydrogen-bond acceptors (Lipinski definition) is 2. The topological polar surface area (TPSA) is 32.3 Å². The van der Waals surface area contributed by atoms with Gasteiger partial charge in [0.25, 0.3) is 0 Å². The summed E-state index contributed by atoms with van der Waals surface area (Å²) in [4.78, 5) is 0. The molecule has 0 aromatic heterocycles. The predicted octanol–water partition coefficient (Wildman–Crippen LogP) is 3.22. The van der Waals surface area contributed by atoms with Gasteiger partial charge in [0, 0.05) is 11.5 Å². The summed E-state index contributed by atoms with van der Waals surface area (Å²) in [6.45, 7) is 4.89. The van der Waals surface area contributed by atoms with E-state index in [9.17, 15) is 5.11 Å². The van der Waals surface area contributed by atoms with Gasteiger partial charge in [0.2, 0.25) is 0 Å². The minimum atomic E-state index is -0.814. The lowest BCUT2D eigenvalue weighted by molar-refractivity contribution is -0.0363. The number of nitrogens with one attached hydrogen (secondary N) is 1. The summed E-state index contributed by atoms with van der Waals surface area (Å²) in [5, 5.41) is 13.7. The van der Waals surface area contributed by atoms with Crippen LogP contribution in [0.25, 0.3) is 0 Å². The van der Waals surface area contributed by atoms with E-state index in [0.29, 0.717) is 0 Å². The third kappa shape index (κ3) is 2.61. The molecule has 2 heteroatoms. The molecule has 110 valence electrons. The van der Waals surface area contributed by atoms with E-state index in [-0.39, 0.29) is 5.92 Å². The summed E-state index contributed by atoms with van der Waals surface area (Å²) in [5.41, 5.74) is 4.47. The van der Waals surface area contributed by atoms with Gasteiger partial charge >= 0.3 is 0 Å². The lowest BCUT2D eigenvalue weighted by Crippen LogP contribution is -2.45. The van der Waals surface area contributed by atoms with Gasteiger partial charge in [0.05, 0.1) is 0 Å². The summed E-state index contributed by atoms with van der Waals surface area (Å²) in [7, 11) is 0. The third-order valence-corrected chi connectivity index (χ3v) is 4.51. The van der Waals surface area contributed by atoms with Gasteiger partial charge in [0.1, 0.15) is 5.72 Å². The molecule has 2 nitrogen and oxygen atoms in total. The molecular formula is C19H23NO. The fourth-order valence-electron chi connectivity index (χ4n) is 3.31. The number of rotatable bonds is 2. The van der Waals surface area contributed by atoms with Crippen molar-refractivity contribution in [2.45, 2.75) is 32.4 Å². The van der Waals surface area contributed by atoms with Gasteiger partial charge in [-0.2, -0.15) is 0 Å². The minimum Gasteiger partial charge on any atom is -0.371 e. The summed E-state index contributed by atoms with van der Waals surface area (Å²) in [5.74, 6) is 0.250. The Hall–Kier alpha value is -1.64. The summed E-state index contributed by atoms with van der Waals surface area (Å²) >= 11 is 0. The molecule has 0 heterocycles. The highest BCUT2D eigenvalue weighted by Crippen LogP contribution is 2.38. The number of aliphatic hydroxyl groups is 1. The maximum Gasteiger partial charge on any atom is 0.145 e. The molecule has 2 N–H and O–H groups in total. The van der Waals surface area contributed by atoms with E-state index in [2.05, 4.69) is 42.6 Å². The van der Waals surface area contributed by atoms with Crippen molar-refractivity contribution in [1.82, 2.24) is 5.32 Å². The number of fused-ring (bicyclic) bond motifs is 3. The monoisotopic (exact) mass is 281 g/mol. The highest BCUT2D eigenvalue weighted by molar-refractivity contribution is 5.38. The molecule has 2 unspecified atom stereocenters. The third-order valence-electron chi connectivity index (χ3n) is 4.51. The Balaban J connectivity index is 0.000000156. The van der Waals surface area contributed by atoms with Crippen LogP contribution in [0.4, 0.5) is 0 Å². The summed E-state index contributed by atoms with van der Waals surface area (Å²) < 4.78 is 0. The van der Waals surface area contributed by atoms with Gasteiger partial charge in [-0.15, -0.1) is 0 Å². The van der Waals surface area contributed by atoms with Gasteiger partial charge in [-0.3, -0.25) is 5.32 Å². The van der Waals surface area contributed by atoms with Gasteiger partial charge in [-0.25, -0.2) is 0 Å². The van der Waals surface area contributed by atoms with E-state index in [1.807, 2.05) is 25.1 Å². The van der Waals surface area contributed by atoms with Crippen molar-refractivity contribution in [3.05, 3.63) is 70.8 Å². The highest BCUT2D eigenvalue weighted by Gasteiger charge is 2.41. The maximum atomic E-state index is 10.5. The predicted molar refractivity (Wildman–Crippen MR) is 86.1 cm³/mol. The van der Waals surface area contributed by atoms with Crippen LogP contribution in [0.5, 0.6) is 0 Å². The molecular weight excluding hydrogens is 258 g/mol. The first-order valence-electron chi connectivity index (χ1n) is 7.77. The summed E-state index contributed by atoms with van der Waals surface area (Å²) in [6.07, 6.45) is 2.18. The second kappa shape index (κ2) is 5.63.